The topological polar surface area (TPSA) is 3.24 Å². The van der Waals surface area contributed by atoms with Crippen LogP contribution in [0, 0.1) is 3.57 Å². The largest absolute Gasteiger partial charge is 0.272 e. The molecule has 0 bridgehead atoms. The molecule has 4 heteroatoms. The molecule has 0 amide bonds. The molecule has 0 heterocycles. The first-order chi connectivity index (χ1) is 5.68. The van der Waals surface area contributed by atoms with Gasteiger partial charge in [0.2, 0.25) is 0 Å². The van der Waals surface area contributed by atoms with Gasteiger partial charge in [-0.3, -0.25) is 4.44 Å². The zero-order chi connectivity index (χ0) is 8.97. The van der Waals surface area contributed by atoms with Gasteiger partial charge in [0.1, 0.15) is 0 Å². The van der Waals surface area contributed by atoms with Gasteiger partial charge in [-0.2, -0.15) is 0 Å². The van der Waals surface area contributed by atoms with Gasteiger partial charge < -0.3 is 0 Å². The first-order valence-electron chi connectivity index (χ1n) is 3.70. The van der Waals surface area contributed by atoms with E-state index in [-0.39, 0.29) is 0 Å². The Morgan fingerprint density at radius 3 is 2.25 bits per heavy atom. The minimum atomic E-state index is 1.05. The van der Waals surface area contributed by atoms with Gasteiger partial charge in [-0.1, -0.05) is 30.9 Å². The van der Waals surface area contributed by atoms with Crippen LogP contribution in [0.5, 0.6) is 0 Å². The molecule has 0 saturated carbocycles. The summed E-state index contributed by atoms with van der Waals surface area (Å²) in [6.07, 6.45) is 1.10. The third kappa shape index (κ3) is 4.13. The average molecular weight is 311 g/mol. The van der Waals surface area contributed by atoms with E-state index in [9.17, 15) is 0 Å². The highest BCUT2D eigenvalue weighted by atomic mass is 127. The third-order valence-corrected chi connectivity index (χ3v) is 2.81. The molecule has 2 unspecified atom stereocenters. The lowest BCUT2D eigenvalue weighted by Crippen LogP contribution is -2.01. The summed E-state index contributed by atoms with van der Waals surface area (Å²) in [6, 6.07) is 8.65. The number of hydrogen-bond acceptors (Lipinski definition) is 1. The van der Waals surface area contributed by atoms with E-state index in [2.05, 4.69) is 65.6 Å². The lowest BCUT2D eigenvalue weighted by molar-refractivity contribution is 0.726. The SMILES string of the molecule is PN(P)CCc1ccc(I)cc1. The molecule has 0 fully saturated rings. The maximum atomic E-state index is 2.63. The van der Waals surface area contributed by atoms with E-state index >= 15 is 0 Å². The summed E-state index contributed by atoms with van der Waals surface area (Å²) in [6.45, 7) is 1.05. The van der Waals surface area contributed by atoms with Crippen molar-refractivity contribution < 1.29 is 0 Å². The second kappa shape index (κ2) is 5.49. The van der Waals surface area contributed by atoms with Crippen LogP contribution in [0.1, 0.15) is 5.56 Å². The highest BCUT2D eigenvalue weighted by Gasteiger charge is 1.94. The molecule has 66 valence electrons. The van der Waals surface area contributed by atoms with E-state index in [0.29, 0.717) is 0 Å². The van der Waals surface area contributed by atoms with Crippen LogP contribution in [0.2, 0.25) is 0 Å². The fourth-order valence-electron chi connectivity index (χ4n) is 0.909. The zero-order valence-electron chi connectivity index (χ0n) is 6.70. The standard InChI is InChI=1S/C8H12INP2/c9-8-3-1-7(2-4-8)5-6-10(11)12/h1-4H,5-6,11-12H2. The maximum Gasteiger partial charge on any atom is 0.0130 e. The maximum absolute atomic E-state index is 2.63. The van der Waals surface area contributed by atoms with Crippen molar-refractivity contribution in [3.05, 3.63) is 33.4 Å². The molecule has 12 heavy (non-hydrogen) atoms. The number of hydrogen-bond donors (Lipinski definition) is 0. The van der Waals surface area contributed by atoms with Gasteiger partial charge >= 0.3 is 0 Å². The average Bonchev–Trinajstić information content (AvgIpc) is 2.03. The number of benzene rings is 1. The Morgan fingerprint density at radius 1 is 1.17 bits per heavy atom. The predicted octanol–water partition coefficient (Wildman–Crippen LogP) is 2.72. The molecule has 1 nitrogen and oxygen atoms in total. The van der Waals surface area contributed by atoms with Crippen LogP contribution in [-0.2, 0) is 6.42 Å². The first-order valence-corrected chi connectivity index (χ1v) is 5.81. The van der Waals surface area contributed by atoms with Crippen LogP contribution < -0.4 is 0 Å². The van der Waals surface area contributed by atoms with Gasteiger partial charge in [-0.15, -0.1) is 0 Å². The molecular formula is C8H12INP2. The van der Waals surface area contributed by atoms with Gasteiger partial charge in [0, 0.05) is 10.1 Å². The van der Waals surface area contributed by atoms with Crippen LogP contribution in [0.15, 0.2) is 24.3 Å². The van der Waals surface area contributed by atoms with Crippen molar-refractivity contribution in [1.82, 2.24) is 4.44 Å². The molecule has 0 N–H and O–H groups in total. The minimum Gasteiger partial charge on any atom is -0.272 e. The molecular weight excluding hydrogens is 299 g/mol. The first kappa shape index (κ1) is 10.8. The highest BCUT2D eigenvalue weighted by molar-refractivity contribution is 14.1. The molecule has 1 aromatic carbocycles. The molecule has 1 aromatic rings. The monoisotopic (exact) mass is 311 g/mol. The molecule has 0 spiro atoms. The van der Waals surface area contributed by atoms with Crippen molar-refractivity contribution in [3.63, 3.8) is 0 Å². The number of nitrogens with zero attached hydrogens (tertiary/aromatic N) is 1. The Kier molecular flexibility index (Phi) is 4.96. The van der Waals surface area contributed by atoms with Gasteiger partial charge in [0.25, 0.3) is 0 Å². The molecule has 0 aliphatic heterocycles. The van der Waals surface area contributed by atoms with Gasteiger partial charge in [0.15, 0.2) is 0 Å². The van der Waals surface area contributed by atoms with Gasteiger partial charge in [-0.25, -0.2) is 0 Å². The van der Waals surface area contributed by atoms with E-state index in [0.717, 1.165) is 13.0 Å². The van der Waals surface area contributed by atoms with Crippen molar-refractivity contribution in [3.8, 4) is 0 Å². The molecule has 1 rings (SSSR count). The fraction of sp³-hybridized carbons (Fsp3) is 0.250. The second-order valence-corrected chi connectivity index (χ2v) is 5.78. The van der Waals surface area contributed by atoms with E-state index in [4.69, 9.17) is 0 Å². The van der Waals surface area contributed by atoms with Crippen LogP contribution in [0.3, 0.4) is 0 Å². The van der Waals surface area contributed by atoms with E-state index in [1.807, 2.05) is 4.44 Å². The van der Waals surface area contributed by atoms with E-state index in [1.54, 1.807) is 0 Å². The smallest absolute Gasteiger partial charge is 0.0130 e. The van der Waals surface area contributed by atoms with Gasteiger partial charge in [-0.05, 0) is 46.7 Å². The molecule has 0 aliphatic rings. The minimum absolute atomic E-state index is 1.05. The lowest BCUT2D eigenvalue weighted by atomic mass is 10.2. The van der Waals surface area contributed by atoms with Crippen molar-refractivity contribution in [2.45, 2.75) is 6.42 Å². The number of rotatable bonds is 3. The fourth-order valence-corrected chi connectivity index (χ4v) is 1.53. The summed E-state index contributed by atoms with van der Waals surface area (Å²) in [5, 5.41) is 0. The third-order valence-electron chi connectivity index (χ3n) is 1.57. The highest BCUT2D eigenvalue weighted by Crippen LogP contribution is 2.11. The van der Waals surface area contributed by atoms with Crippen LogP contribution in [-0.4, -0.2) is 11.0 Å². The summed E-state index contributed by atoms with van der Waals surface area (Å²) in [5.41, 5.74) is 1.39. The Balaban J connectivity index is 2.48. The summed E-state index contributed by atoms with van der Waals surface area (Å²) in [5.74, 6) is 0. The molecule has 0 radical (unpaired) electrons. The van der Waals surface area contributed by atoms with E-state index in [1.165, 1.54) is 9.13 Å². The van der Waals surface area contributed by atoms with Gasteiger partial charge in [0.05, 0.1) is 0 Å². The van der Waals surface area contributed by atoms with Crippen LogP contribution in [0.25, 0.3) is 0 Å². The van der Waals surface area contributed by atoms with Crippen molar-refractivity contribution in [2.75, 3.05) is 6.54 Å². The Bertz CT molecular complexity index is 235. The van der Waals surface area contributed by atoms with Crippen molar-refractivity contribution >= 4 is 41.4 Å². The van der Waals surface area contributed by atoms with Crippen molar-refractivity contribution in [2.24, 2.45) is 0 Å². The molecule has 0 aromatic heterocycles. The Morgan fingerprint density at radius 2 is 1.75 bits per heavy atom. The van der Waals surface area contributed by atoms with Crippen LogP contribution in [0.4, 0.5) is 0 Å². The summed E-state index contributed by atoms with van der Waals surface area (Å²) >= 11 is 2.32. The Labute approximate surface area is 92.0 Å². The summed E-state index contributed by atoms with van der Waals surface area (Å²) < 4.78 is 3.34. The normalized spacial score (nSPS) is 10.7. The summed E-state index contributed by atoms with van der Waals surface area (Å²) in [4.78, 5) is 0. The molecule has 0 saturated heterocycles. The quantitative estimate of drug-likeness (QED) is 0.613. The Hall–Kier alpha value is 0.770. The lowest BCUT2D eigenvalue weighted by Gasteiger charge is -2.08. The predicted molar refractivity (Wildman–Crippen MR) is 69.0 cm³/mol. The summed E-state index contributed by atoms with van der Waals surface area (Å²) in [7, 11) is 5.27. The molecule has 2 atom stereocenters. The second-order valence-electron chi connectivity index (χ2n) is 2.61. The molecule has 0 aliphatic carbocycles. The zero-order valence-corrected chi connectivity index (χ0v) is 11.2. The van der Waals surface area contributed by atoms with E-state index < -0.39 is 0 Å². The van der Waals surface area contributed by atoms with Crippen LogP contribution >= 0.6 is 41.4 Å². The van der Waals surface area contributed by atoms with Crippen molar-refractivity contribution in [1.29, 1.82) is 0 Å². The number of halogens is 1.